The van der Waals surface area contributed by atoms with Crippen LogP contribution < -0.4 is 10.1 Å². The van der Waals surface area contributed by atoms with Gasteiger partial charge in [0.15, 0.2) is 0 Å². The van der Waals surface area contributed by atoms with E-state index in [4.69, 9.17) is 4.74 Å². The molecular formula is C19H30N2O4S. The minimum absolute atomic E-state index is 0.107. The van der Waals surface area contributed by atoms with E-state index in [9.17, 15) is 13.2 Å². The van der Waals surface area contributed by atoms with Gasteiger partial charge in [0.1, 0.15) is 10.6 Å². The first-order valence-corrected chi connectivity index (χ1v) is 10.9. The van der Waals surface area contributed by atoms with Gasteiger partial charge in [-0.15, -0.1) is 0 Å². The molecule has 6 nitrogen and oxygen atoms in total. The van der Waals surface area contributed by atoms with Crippen LogP contribution in [0.2, 0.25) is 0 Å². The molecule has 1 fully saturated rings. The molecule has 1 aliphatic rings. The van der Waals surface area contributed by atoms with Gasteiger partial charge in [-0.1, -0.05) is 20.3 Å². The van der Waals surface area contributed by atoms with Crippen LogP contribution in [-0.2, 0) is 14.8 Å². The van der Waals surface area contributed by atoms with Gasteiger partial charge in [-0.05, 0) is 50.3 Å². The van der Waals surface area contributed by atoms with Crippen molar-refractivity contribution in [3.63, 3.8) is 0 Å². The summed E-state index contributed by atoms with van der Waals surface area (Å²) in [5, 5.41) is 2.80. The van der Waals surface area contributed by atoms with Crippen LogP contribution in [0.3, 0.4) is 0 Å². The van der Waals surface area contributed by atoms with E-state index >= 15 is 0 Å². The summed E-state index contributed by atoms with van der Waals surface area (Å²) in [5.41, 5.74) is 0.484. The van der Waals surface area contributed by atoms with E-state index in [0.717, 1.165) is 25.7 Å². The second kappa shape index (κ2) is 9.37. The number of piperidine rings is 1. The molecule has 146 valence electrons. The molecule has 0 aliphatic carbocycles. The predicted octanol–water partition coefficient (Wildman–Crippen LogP) is 3.63. The van der Waals surface area contributed by atoms with Crippen molar-refractivity contribution in [3.8, 4) is 5.75 Å². The van der Waals surface area contributed by atoms with Gasteiger partial charge in [-0.25, -0.2) is 8.42 Å². The Kier molecular flexibility index (Phi) is 7.46. The second-order valence-electron chi connectivity index (χ2n) is 7.04. The summed E-state index contributed by atoms with van der Waals surface area (Å²) in [4.78, 5) is 12.2. The van der Waals surface area contributed by atoms with Crippen LogP contribution in [-0.4, -0.2) is 38.3 Å². The number of rotatable bonds is 8. The maximum absolute atomic E-state index is 13.1. The van der Waals surface area contributed by atoms with Gasteiger partial charge < -0.3 is 10.1 Å². The molecule has 0 unspecified atom stereocenters. The molecule has 1 N–H and O–H groups in total. The Hall–Kier alpha value is -1.60. The lowest BCUT2D eigenvalue weighted by molar-refractivity contribution is -0.116. The summed E-state index contributed by atoms with van der Waals surface area (Å²) in [6, 6.07) is 4.83. The van der Waals surface area contributed by atoms with Gasteiger partial charge in [-0.3, -0.25) is 4.79 Å². The van der Waals surface area contributed by atoms with Crippen LogP contribution >= 0.6 is 0 Å². The summed E-state index contributed by atoms with van der Waals surface area (Å²) >= 11 is 0. The van der Waals surface area contributed by atoms with E-state index in [1.807, 2.05) is 6.92 Å². The number of carbonyl (C=O) groups is 1. The first-order chi connectivity index (χ1) is 12.3. The first-order valence-electron chi connectivity index (χ1n) is 9.41. The zero-order valence-electron chi connectivity index (χ0n) is 16.0. The van der Waals surface area contributed by atoms with Crippen molar-refractivity contribution in [2.75, 3.05) is 25.0 Å². The molecule has 7 heteroatoms. The number of ether oxygens (including phenoxy) is 1. The molecule has 26 heavy (non-hydrogen) atoms. The van der Waals surface area contributed by atoms with Crippen LogP contribution in [0.15, 0.2) is 23.1 Å². The van der Waals surface area contributed by atoms with Crippen molar-refractivity contribution in [2.45, 2.75) is 57.8 Å². The summed E-state index contributed by atoms with van der Waals surface area (Å²) in [6.07, 6.45) is 4.00. The van der Waals surface area contributed by atoms with E-state index in [1.165, 1.54) is 10.4 Å². The SMILES string of the molecule is CCOc1ccc(NC(=O)CCC(C)C)cc1S(=O)(=O)N1CCCCC1. The normalized spacial score (nSPS) is 15.8. The maximum atomic E-state index is 13.1. The van der Waals surface area contributed by atoms with E-state index < -0.39 is 10.0 Å². The summed E-state index contributed by atoms with van der Waals surface area (Å²) in [5.74, 6) is 0.665. The Labute approximate surface area is 157 Å². The molecule has 1 aliphatic heterocycles. The molecule has 0 saturated carbocycles. The van der Waals surface area contributed by atoms with Gasteiger partial charge in [0.25, 0.3) is 0 Å². The number of benzene rings is 1. The Bertz CT molecular complexity index is 710. The molecule has 1 saturated heterocycles. The summed E-state index contributed by atoms with van der Waals surface area (Å²) in [6.45, 7) is 7.38. The zero-order valence-corrected chi connectivity index (χ0v) is 16.8. The molecule has 1 heterocycles. The van der Waals surface area contributed by atoms with Crippen LogP contribution in [0.25, 0.3) is 0 Å². The highest BCUT2D eigenvalue weighted by Crippen LogP contribution is 2.31. The number of nitrogens with one attached hydrogen (secondary N) is 1. The molecule has 0 spiro atoms. The average Bonchev–Trinajstić information content (AvgIpc) is 2.62. The third-order valence-corrected chi connectivity index (χ3v) is 6.33. The van der Waals surface area contributed by atoms with Gasteiger partial charge in [-0.2, -0.15) is 4.31 Å². The van der Waals surface area contributed by atoms with Crippen LogP contribution in [0.4, 0.5) is 5.69 Å². The summed E-state index contributed by atoms with van der Waals surface area (Å²) in [7, 11) is -3.64. The molecule has 0 atom stereocenters. The van der Waals surface area contributed by atoms with Crippen LogP contribution in [0.5, 0.6) is 5.75 Å². The highest BCUT2D eigenvalue weighted by molar-refractivity contribution is 7.89. The average molecular weight is 383 g/mol. The summed E-state index contributed by atoms with van der Waals surface area (Å²) < 4.78 is 33.2. The molecule has 2 rings (SSSR count). The Balaban J connectivity index is 2.26. The predicted molar refractivity (Wildman–Crippen MR) is 103 cm³/mol. The number of amides is 1. The molecule has 1 aromatic rings. The van der Waals surface area contributed by atoms with Crippen LogP contribution in [0.1, 0.15) is 52.9 Å². The zero-order chi connectivity index (χ0) is 19.2. The number of anilines is 1. The number of nitrogens with zero attached hydrogens (tertiary/aromatic N) is 1. The van der Waals surface area contributed by atoms with E-state index in [2.05, 4.69) is 19.2 Å². The number of carbonyl (C=O) groups excluding carboxylic acids is 1. The number of hydrogen-bond donors (Lipinski definition) is 1. The Morgan fingerprint density at radius 2 is 1.92 bits per heavy atom. The first kappa shape index (κ1) is 20.7. The lowest BCUT2D eigenvalue weighted by atomic mass is 10.1. The Morgan fingerprint density at radius 3 is 2.54 bits per heavy atom. The van der Waals surface area contributed by atoms with Gasteiger partial charge in [0, 0.05) is 25.2 Å². The fraction of sp³-hybridized carbons (Fsp3) is 0.632. The fourth-order valence-electron chi connectivity index (χ4n) is 2.95. The maximum Gasteiger partial charge on any atom is 0.246 e. The minimum Gasteiger partial charge on any atom is -0.492 e. The van der Waals surface area contributed by atoms with Crippen molar-refractivity contribution < 1.29 is 17.9 Å². The van der Waals surface area contributed by atoms with E-state index in [-0.39, 0.29) is 10.8 Å². The molecule has 0 bridgehead atoms. The highest BCUT2D eigenvalue weighted by Gasteiger charge is 2.29. The van der Waals surface area contributed by atoms with Crippen molar-refractivity contribution in [1.82, 2.24) is 4.31 Å². The quantitative estimate of drug-likeness (QED) is 0.745. The van der Waals surface area contributed by atoms with Gasteiger partial charge in [0.2, 0.25) is 15.9 Å². The molecule has 0 radical (unpaired) electrons. The highest BCUT2D eigenvalue weighted by atomic mass is 32.2. The molecule has 1 amide bonds. The fourth-order valence-corrected chi connectivity index (χ4v) is 4.62. The monoisotopic (exact) mass is 382 g/mol. The standard InChI is InChI=1S/C19H30N2O4S/c1-4-25-17-10-9-16(20-19(22)11-8-15(2)3)14-18(17)26(23,24)21-12-6-5-7-13-21/h9-10,14-15H,4-8,11-13H2,1-3H3,(H,20,22). The third kappa shape index (κ3) is 5.45. The Morgan fingerprint density at radius 1 is 1.23 bits per heavy atom. The number of hydrogen-bond acceptors (Lipinski definition) is 4. The van der Waals surface area contributed by atoms with Crippen molar-refractivity contribution in [3.05, 3.63) is 18.2 Å². The third-order valence-electron chi connectivity index (χ3n) is 4.41. The van der Waals surface area contributed by atoms with Gasteiger partial charge in [0.05, 0.1) is 6.61 Å². The van der Waals surface area contributed by atoms with E-state index in [0.29, 0.717) is 43.5 Å². The number of sulfonamides is 1. The van der Waals surface area contributed by atoms with Gasteiger partial charge >= 0.3 is 0 Å². The van der Waals surface area contributed by atoms with Crippen molar-refractivity contribution >= 4 is 21.6 Å². The van der Waals surface area contributed by atoms with Crippen LogP contribution in [0, 0.1) is 5.92 Å². The lowest BCUT2D eigenvalue weighted by Gasteiger charge is -2.27. The van der Waals surface area contributed by atoms with Crippen molar-refractivity contribution in [2.24, 2.45) is 5.92 Å². The molecule has 0 aromatic heterocycles. The molecular weight excluding hydrogens is 352 g/mol. The van der Waals surface area contributed by atoms with Crippen molar-refractivity contribution in [1.29, 1.82) is 0 Å². The topological polar surface area (TPSA) is 75.7 Å². The lowest BCUT2D eigenvalue weighted by Crippen LogP contribution is -2.35. The minimum atomic E-state index is -3.64. The smallest absolute Gasteiger partial charge is 0.246 e. The second-order valence-corrected chi connectivity index (χ2v) is 8.95. The molecule has 1 aromatic carbocycles. The largest absolute Gasteiger partial charge is 0.492 e. The van der Waals surface area contributed by atoms with E-state index in [1.54, 1.807) is 12.1 Å².